The average molecular weight is 603 g/mol. The smallest absolute Gasteiger partial charge is 0.323 e. The highest BCUT2D eigenvalue weighted by Gasteiger charge is 2.24. The van der Waals surface area contributed by atoms with Gasteiger partial charge in [0, 0.05) is 25.8 Å². The van der Waals surface area contributed by atoms with Gasteiger partial charge < -0.3 is 9.13 Å². The Morgan fingerprint density at radius 3 is 1.78 bits per heavy atom. The molecular formula is C31H26N10O4. The summed E-state index contributed by atoms with van der Waals surface area (Å²) in [5, 5.41) is 0. The van der Waals surface area contributed by atoms with E-state index in [0.29, 0.717) is 52.2 Å². The molecule has 224 valence electrons. The van der Waals surface area contributed by atoms with Crippen molar-refractivity contribution in [1.82, 2.24) is 48.2 Å². The Morgan fingerprint density at radius 2 is 1.18 bits per heavy atom. The number of fused-ring (bicyclic) bond motifs is 4. The number of benzene rings is 1. The standard InChI is InChI=1S/C31H26N10O4/c1-5-39-22-14-21-23(13-20(22)34-24-26(39)36-30(44)38(4)28(24)42)40(6-2)27-25(35-21)29(43)41(31(45)37-27)15-17-10-8-12-19(33-17)18-11-7-9-16(3)32-18/h7-14H,5-6,15H2,1-4H3. The van der Waals surface area contributed by atoms with E-state index in [1.807, 2.05) is 45.0 Å². The topological polar surface area (TPSA) is 165 Å². The first-order valence-corrected chi connectivity index (χ1v) is 14.3. The van der Waals surface area contributed by atoms with E-state index in [1.165, 1.54) is 7.05 Å². The van der Waals surface area contributed by atoms with Gasteiger partial charge in [-0.3, -0.25) is 23.7 Å². The monoisotopic (exact) mass is 602 g/mol. The predicted molar refractivity (Wildman–Crippen MR) is 167 cm³/mol. The molecule has 0 saturated heterocycles. The van der Waals surface area contributed by atoms with Gasteiger partial charge in [-0.2, -0.15) is 9.97 Å². The first-order chi connectivity index (χ1) is 21.7. The summed E-state index contributed by atoms with van der Waals surface area (Å²) >= 11 is 0. The zero-order chi connectivity index (χ0) is 31.6. The molecular weight excluding hydrogens is 576 g/mol. The van der Waals surface area contributed by atoms with E-state index in [2.05, 4.69) is 29.9 Å². The molecule has 4 aliphatic rings. The second kappa shape index (κ2) is 10.4. The molecule has 2 aromatic heterocycles. The van der Waals surface area contributed by atoms with Crippen LogP contribution in [0.4, 0.5) is 0 Å². The fourth-order valence-electron chi connectivity index (χ4n) is 5.62. The molecule has 0 aliphatic carbocycles. The van der Waals surface area contributed by atoms with Gasteiger partial charge in [0.2, 0.25) is 0 Å². The normalized spacial score (nSPS) is 11.7. The van der Waals surface area contributed by atoms with E-state index >= 15 is 0 Å². The van der Waals surface area contributed by atoms with Gasteiger partial charge in [0.25, 0.3) is 11.1 Å². The van der Waals surface area contributed by atoms with Crippen molar-refractivity contribution in [2.45, 2.75) is 40.4 Å². The third-order valence-electron chi connectivity index (χ3n) is 7.84. The van der Waals surface area contributed by atoms with Crippen LogP contribution in [-0.2, 0) is 26.7 Å². The van der Waals surface area contributed by atoms with E-state index in [0.717, 1.165) is 14.8 Å². The van der Waals surface area contributed by atoms with Crippen LogP contribution < -0.4 is 22.5 Å². The van der Waals surface area contributed by atoms with E-state index < -0.39 is 22.5 Å². The lowest BCUT2D eigenvalue weighted by Crippen LogP contribution is -2.39. The number of hydrogen-bond donors (Lipinski definition) is 0. The molecule has 7 rings (SSSR count). The Morgan fingerprint density at radius 1 is 0.622 bits per heavy atom. The first-order valence-electron chi connectivity index (χ1n) is 14.3. The zero-order valence-electron chi connectivity index (χ0n) is 24.8. The van der Waals surface area contributed by atoms with Crippen LogP contribution in [0, 0.1) is 6.92 Å². The molecule has 14 nitrogen and oxygen atoms in total. The van der Waals surface area contributed by atoms with Crippen molar-refractivity contribution in [3.8, 4) is 34.4 Å². The quantitative estimate of drug-likeness (QED) is 0.265. The van der Waals surface area contributed by atoms with Crippen molar-refractivity contribution in [2.24, 2.45) is 7.05 Å². The summed E-state index contributed by atoms with van der Waals surface area (Å²) in [6.45, 7) is 6.28. The van der Waals surface area contributed by atoms with E-state index in [9.17, 15) is 19.2 Å². The van der Waals surface area contributed by atoms with Crippen LogP contribution in [0.2, 0.25) is 0 Å². The summed E-state index contributed by atoms with van der Waals surface area (Å²) in [4.78, 5) is 79.2. The van der Waals surface area contributed by atoms with Crippen molar-refractivity contribution in [1.29, 1.82) is 0 Å². The van der Waals surface area contributed by atoms with Crippen molar-refractivity contribution < 1.29 is 0 Å². The SMILES string of the molecule is CCn1c2nc(=O)n(C)c(=O)c-2nc2cc3c(cc21)nc1c(=O)n(Cc2cccc(-c4cccc(C)n4)n2)c(=O)nc-1n3CC. The minimum atomic E-state index is -0.728. The second-order valence-corrected chi connectivity index (χ2v) is 10.6. The molecule has 0 saturated carbocycles. The Labute approximate surface area is 253 Å². The number of nitrogens with zero attached hydrogens (tertiary/aromatic N) is 10. The maximum atomic E-state index is 13.8. The lowest BCUT2D eigenvalue weighted by atomic mass is 10.2. The molecule has 0 unspecified atom stereocenters. The second-order valence-electron chi connectivity index (χ2n) is 10.6. The van der Waals surface area contributed by atoms with Crippen molar-refractivity contribution in [3.05, 3.63) is 102 Å². The summed E-state index contributed by atoms with van der Waals surface area (Å²) in [6, 6.07) is 14.5. The third kappa shape index (κ3) is 4.41. The molecule has 6 heterocycles. The number of aryl methyl sites for hydroxylation is 3. The molecule has 3 aromatic rings. The summed E-state index contributed by atoms with van der Waals surface area (Å²) < 4.78 is 5.39. The largest absolute Gasteiger partial charge is 0.352 e. The van der Waals surface area contributed by atoms with Gasteiger partial charge in [-0.25, -0.2) is 24.5 Å². The summed E-state index contributed by atoms with van der Waals surface area (Å²) in [5.74, 6) is 0.302. The van der Waals surface area contributed by atoms with Crippen molar-refractivity contribution in [2.75, 3.05) is 0 Å². The average Bonchev–Trinajstić information content (AvgIpc) is 3.03. The lowest BCUT2D eigenvalue weighted by molar-refractivity contribution is 0.664. The number of rotatable bonds is 5. The van der Waals surface area contributed by atoms with Crippen LogP contribution in [0.1, 0.15) is 25.2 Å². The molecule has 0 bridgehead atoms. The molecule has 4 aliphatic heterocycles. The Kier molecular flexibility index (Phi) is 6.42. The highest BCUT2D eigenvalue weighted by Crippen LogP contribution is 2.28. The highest BCUT2D eigenvalue weighted by atomic mass is 16.2. The molecule has 0 N–H and O–H groups in total. The molecule has 0 radical (unpaired) electrons. The molecule has 45 heavy (non-hydrogen) atoms. The fourth-order valence-corrected chi connectivity index (χ4v) is 5.62. The van der Waals surface area contributed by atoms with Gasteiger partial charge in [-0.05, 0) is 57.2 Å². The molecule has 0 fully saturated rings. The maximum Gasteiger partial charge on any atom is 0.352 e. The molecule has 0 amide bonds. The predicted octanol–water partition coefficient (Wildman–Crippen LogP) is 1.82. The minimum Gasteiger partial charge on any atom is -0.323 e. The van der Waals surface area contributed by atoms with Gasteiger partial charge >= 0.3 is 11.4 Å². The summed E-state index contributed by atoms with van der Waals surface area (Å²) in [5.41, 5.74) is 2.20. The summed E-state index contributed by atoms with van der Waals surface area (Å²) in [6.07, 6.45) is 0. The van der Waals surface area contributed by atoms with Crippen LogP contribution in [0.3, 0.4) is 0 Å². The van der Waals surface area contributed by atoms with Crippen LogP contribution >= 0.6 is 0 Å². The van der Waals surface area contributed by atoms with Crippen molar-refractivity contribution >= 4 is 22.1 Å². The van der Waals surface area contributed by atoms with Gasteiger partial charge in [-0.1, -0.05) is 12.1 Å². The zero-order valence-corrected chi connectivity index (χ0v) is 24.8. The number of aromatic nitrogens is 10. The van der Waals surface area contributed by atoms with Gasteiger partial charge in [0.1, 0.15) is 0 Å². The molecule has 0 atom stereocenters. The van der Waals surface area contributed by atoms with Crippen molar-refractivity contribution in [3.63, 3.8) is 0 Å². The van der Waals surface area contributed by atoms with E-state index in [-0.39, 0.29) is 29.6 Å². The fraction of sp³-hybridized carbons (Fsp3) is 0.226. The minimum absolute atomic E-state index is 0.0189. The van der Waals surface area contributed by atoms with Gasteiger partial charge in [0.15, 0.2) is 23.0 Å². The molecule has 1 aromatic carbocycles. The Balaban J connectivity index is 1.44. The van der Waals surface area contributed by atoms with Crippen LogP contribution in [0.15, 0.2) is 67.7 Å². The molecule has 0 spiro atoms. The van der Waals surface area contributed by atoms with Crippen LogP contribution in [0.25, 0.3) is 56.5 Å². The van der Waals surface area contributed by atoms with Gasteiger partial charge in [0.05, 0.1) is 45.7 Å². The third-order valence-corrected chi connectivity index (χ3v) is 7.84. The number of hydrogen-bond acceptors (Lipinski definition) is 10. The van der Waals surface area contributed by atoms with Gasteiger partial charge in [-0.15, -0.1) is 0 Å². The Hall–Kier alpha value is -5.92. The summed E-state index contributed by atoms with van der Waals surface area (Å²) in [7, 11) is 1.35. The van der Waals surface area contributed by atoms with E-state index in [4.69, 9.17) is 0 Å². The van der Waals surface area contributed by atoms with Crippen LogP contribution in [0.5, 0.6) is 0 Å². The lowest BCUT2D eigenvalue weighted by Gasteiger charge is -2.19. The first kappa shape index (κ1) is 27.9. The number of pyridine rings is 2. The highest BCUT2D eigenvalue weighted by molar-refractivity contribution is 5.94. The van der Waals surface area contributed by atoms with Crippen LogP contribution in [-0.4, -0.2) is 48.2 Å². The maximum absolute atomic E-state index is 13.8. The van der Waals surface area contributed by atoms with E-state index in [1.54, 1.807) is 33.4 Å². The molecule has 14 heteroatoms. The Bertz CT molecular complexity index is 2510.